The SMILES string of the molecule is Cc1ccc(-n2cnccc2=O)cc1.Nc1cnc2[nH]c3c(=O)n(C4CCCCC4)cnc3c2c1. The van der Waals surface area contributed by atoms with Crippen LogP contribution in [-0.4, -0.2) is 29.1 Å². The molecule has 1 fully saturated rings. The van der Waals surface area contributed by atoms with Gasteiger partial charge in [0, 0.05) is 23.7 Å². The summed E-state index contributed by atoms with van der Waals surface area (Å²) in [5.74, 6) is 0. The molecule has 1 aliphatic rings. The molecule has 0 unspecified atom stereocenters. The number of H-pyrrole nitrogens is 1. The Kier molecular flexibility index (Phi) is 6.13. The maximum atomic E-state index is 12.7. The highest BCUT2D eigenvalue weighted by atomic mass is 16.1. The van der Waals surface area contributed by atoms with Gasteiger partial charge in [-0.3, -0.25) is 18.7 Å². The topological polar surface area (TPSA) is 124 Å². The molecule has 9 nitrogen and oxygen atoms in total. The lowest BCUT2D eigenvalue weighted by Gasteiger charge is -2.23. The van der Waals surface area contributed by atoms with Crippen LogP contribution in [0.25, 0.3) is 27.8 Å². The van der Waals surface area contributed by atoms with E-state index in [1.54, 1.807) is 23.2 Å². The summed E-state index contributed by atoms with van der Waals surface area (Å²) in [6.07, 6.45) is 12.0. The van der Waals surface area contributed by atoms with Crippen molar-refractivity contribution in [1.82, 2.24) is 29.1 Å². The number of aromatic nitrogens is 6. The number of aromatic amines is 1. The van der Waals surface area contributed by atoms with Crippen molar-refractivity contribution in [3.63, 3.8) is 0 Å². The largest absolute Gasteiger partial charge is 0.397 e. The molecule has 4 aromatic heterocycles. The fourth-order valence-electron chi connectivity index (χ4n) is 4.53. The van der Waals surface area contributed by atoms with E-state index in [4.69, 9.17) is 5.73 Å². The molecule has 0 spiro atoms. The average Bonchev–Trinajstić information content (AvgIpc) is 3.25. The zero-order valence-electron chi connectivity index (χ0n) is 19.5. The second-order valence-electron chi connectivity index (χ2n) is 8.89. The number of nitrogens with one attached hydrogen (secondary N) is 1. The number of nitrogens with zero attached hydrogens (tertiary/aromatic N) is 5. The van der Waals surface area contributed by atoms with Gasteiger partial charge in [0.15, 0.2) is 0 Å². The molecule has 1 aromatic carbocycles. The van der Waals surface area contributed by atoms with Gasteiger partial charge in [-0.2, -0.15) is 0 Å². The van der Waals surface area contributed by atoms with Gasteiger partial charge < -0.3 is 10.7 Å². The molecule has 5 aromatic rings. The van der Waals surface area contributed by atoms with Crippen LogP contribution in [-0.2, 0) is 0 Å². The Morgan fingerprint density at radius 3 is 2.51 bits per heavy atom. The number of benzene rings is 1. The second kappa shape index (κ2) is 9.54. The van der Waals surface area contributed by atoms with Crippen LogP contribution in [0.3, 0.4) is 0 Å². The summed E-state index contributed by atoms with van der Waals surface area (Å²) in [5.41, 5.74) is 10.1. The predicted octanol–water partition coefficient (Wildman–Crippen LogP) is 3.90. The van der Waals surface area contributed by atoms with Gasteiger partial charge in [-0.1, -0.05) is 37.0 Å². The van der Waals surface area contributed by atoms with Gasteiger partial charge in [-0.05, 0) is 38.0 Å². The molecular formula is C26H27N7O2. The highest BCUT2D eigenvalue weighted by molar-refractivity contribution is 6.03. The quantitative estimate of drug-likeness (QED) is 0.404. The summed E-state index contributed by atoms with van der Waals surface area (Å²) in [4.78, 5) is 39.9. The molecular weight excluding hydrogens is 442 g/mol. The van der Waals surface area contributed by atoms with Gasteiger partial charge in [-0.15, -0.1) is 0 Å². The lowest BCUT2D eigenvalue weighted by molar-refractivity contribution is 0.345. The zero-order chi connectivity index (χ0) is 24.4. The minimum absolute atomic E-state index is 0.0107. The fraction of sp³-hybridized carbons (Fsp3) is 0.269. The molecule has 178 valence electrons. The van der Waals surface area contributed by atoms with Gasteiger partial charge in [0.05, 0.1) is 23.9 Å². The Labute approximate surface area is 201 Å². The van der Waals surface area contributed by atoms with Gasteiger partial charge in [0.1, 0.15) is 23.0 Å². The highest BCUT2D eigenvalue weighted by Crippen LogP contribution is 2.28. The van der Waals surface area contributed by atoms with Crippen molar-refractivity contribution in [1.29, 1.82) is 0 Å². The van der Waals surface area contributed by atoms with Crippen molar-refractivity contribution in [2.75, 3.05) is 5.73 Å². The van der Waals surface area contributed by atoms with Crippen molar-refractivity contribution in [2.45, 2.75) is 45.1 Å². The lowest BCUT2D eigenvalue weighted by atomic mass is 9.95. The van der Waals surface area contributed by atoms with Gasteiger partial charge in [0.2, 0.25) is 0 Å². The molecule has 6 rings (SSSR count). The van der Waals surface area contributed by atoms with Crippen LogP contribution in [0, 0.1) is 6.92 Å². The van der Waals surface area contributed by atoms with Crippen molar-refractivity contribution in [3.8, 4) is 5.69 Å². The molecule has 9 heteroatoms. The number of pyridine rings is 1. The molecule has 0 radical (unpaired) electrons. The molecule has 4 heterocycles. The number of anilines is 1. The van der Waals surface area contributed by atoms with E-state index < -0.39 is 0 Å². The van der Waals surface area contributed by atoms with E-state index in [0.29, 0.717) is 22.4 Å². The Morgan fingerprint density at radius 2 is 1.77 bits per heavy atom. The summed E-state index contributed by atoms with van der Waals surface area (Å²) in [7, 11) is 0. The Bertz CT molecular complexity index is 1590. The normalized spacial score (nSPS) is 14.1. The van der Waals surface area contributed by atoms with Crippen LogP contribution < -0.4 is 16.9 Å². The van der Waals surface area contributed by atoms with Crippen molar-refractivity contribution in [3.05, 3.63) is 87.7 Å². The fourth-order valence-corrected chi connectivity index (χ4v) is 4.53. The molecule has 0 atom stereocenters. The lowest BCUT2D eigenvalue weighted by Crippen LogP contribution is -2.26. The van der Waals surface area contributed by atoms with Gasteiger partial charge in [0.25, 0.3) is 11.1 Å². The standard InChI is InChI=1S/C15H17N5O.C11H10N2O/c16-9-6-11-12-13(19-14(11)17-7-9)15(21)20(8-18-12)10-4-2-1-3-5-10;1-9-2-4-10(5-3-9)13-8-12-7-6-11(13)14/h6-8,10H,1-5,16H2,(H,17,19);2-8H,1H3. The summed E-state index contributed by atoms with van der Waals surface area (Å²) >= 11 is 0. The van der Waals surface area contributed by atoms with Crippen molar-refractivity contribution < 1.29 is 0 Å². The summed E-state index contributed by atoms with van der Waals surface area (Å²) in [5, 5.41) is 0.804. The number of hydrogen-bond acceptors (Lipinski definition) is 6. The number of hydrogen-bond donors (Lipinski definition) is 2. The zero-order valence-corrected chi connectivity index (χ0v) is 19.5. The summed E-state index contributed by atoms with van der Waals surface area (Å²) < 4.78 is 3.29. The van der Waals surface area contributed by atoms with Crippen LogP contribution in [0.2, 0.25) is 0 Å². The maximum Gasteiger partial charge on any atom is 0.277 e. The molecule has 0 saturated heterocycles. The first-order valence-corrected chi connectivity index (χ1v) is 11.7. The first-order chi connectivity index (χ1) is 17.0. The van der Waals surface area contributed by atoms with Crippen molar-refractivity contribution >= 4 is 27.8 Å². The van der Waals surface area contributed by atoms with Gasteiger partial charge >= 0.3 is 0 Å². The van der Waals surface area contributed by atoms with E-state index in [9.17, 15) is 9.59 Å². The minimum atomic E-state index is -0.0659. The molecule has 1 saturated carbocycles. The van der Waals surface area contributed by atoms with Crippen LogP contribution in [0.15, 0.2) is 71.0 Å². The molecule has 0 amide bonds. The van der Waals surface area contributed by atoms with E-state index in [2.05, 4.69) is 19.9 Å². The van der Waals surface area contributed by atoms with E-state index in [-0.39, 0.29) is 17.2 Å². The third kappa shape index (κ3) is 4.57. The third-order valence-electron chi connectivity index (χ3n) is 6.41. The maximum absolute atomic E-state index is 12.7. The second-order valence-corrected chi connectivity index (χ2v) is 8.89. The number of fused-ring (bicyclic) bond motifs is 3. The minimum Gasteiger partial charge on any atom is -0.397 e. The number of rotatable bonds is 2. The van der Waals surface area contributed by atoms with E-state index >= 15 is 0 Å². The first kappa shape index (κ1) is 22.5. The molecule has 0 bridgehead atoms. The van der Waals surface area contributed by atoms with Crippen LogP contribution in [0.4, 0.5) is 5.69 Å². The van der Waals surface area contributed by atoms with E-state index in [1.807, 2.05) is 31.2 Å². The highest BCUT2D eigenvalue weighted by Gasteiger charge is 2.19. The summed E-state index contributed by atoms with van der Waals surface area (Å²) in [6, 6.07) is 11.3. The molecule has 0 aliphatic heterocycles. The Morgan fingerprint density at radius 1 is 1.00 bits per heavy atom. The smallest absolute Gasteiger partial charge is 0.277 e. The van der Waals surface area contributed by atoms with Crippen molar-refractivity contribution in [2.24, 2.45) is 0 Å². The van der Waals surface area contributed by atoms with Crippen LogP contribution >= 0.6 is 0 Å². The number of nitrogen functional groups attached to an aromatic ring is 1. The van der Waals surface area contributed by atoms with Crippen LogP contribution in [0.5, 0.6) is 0 Å². The monoisotopic (exact) mass is 469 g/mol. The molecule has 3 N–H and O–H groups in total. The summed E-state index contributed by atoms with van der Waals surface area (Å²) in [6.45, 7) is 2.01. The average molecular weight is 470 g/mol. The third-order valence-corrected chi connectivity index (χ3v) is 6.41. The number of aryl methyl sites for hydroxylation is 1. The molecule has 35 heavy (non-hydrogen) atoms. The molecule has 1 aliphatic carbocycles. The van der Waals surface area contributed by atoms with Crippen LogP contribution in [0.1, 0.15) is 43.7 Å². The Hall–Kier alpha value is -4.27. The Balaban J connectivity index is 0.000000158. The van der Waals surface area contributed by atoms with E-state index in [0.717, 1.165) is 23.9 Å². The first-order valence-electron chi connectivity index (χ1n) is 11.7. The van der Waals surface area contributed by atoms with E-state index in [1.165, 1.54) is 48.0 Å². The number of nitrogens with two attached hydrogens (primary N) is 1. The predicted molar refractivity (Wildman–Crippen MR) is 137 cm³/mol. The van der Waals surface area contributed by atoms with Gasteiger partial charge in [-0.25, -0.2) is 15.0 Å².